The molecule has 1 aromatic heterocycles. The molecule has 1 saturated heterocycles. The molecule has 2 aliphatic heterocycles. The summed E-state index contributed by atoms with van der Waals surface area (Å²) >= 11 is 6.25. The third-order valence-electron chi connectivity index (χ3n) is 5.33. The first-order valence-corrected chi connectivity index (χ1v) is 10.0. The van der Waals surface area contributed by atoms with E-state index in [1.807, 2.05) is 30.5 Å². The number of piperidine rings is 1. The number of allylic oxidation sites excluding steroid dienone is 2. The number of pyridine rings is 1. The molecule has 1 atom stereocenters. The first kappa shape index (κ1) is 19.6. The second-order valence-corrected chi connectivity index (χ2v) is 7.64. The summed E-state index contributed by atoms with van der Waals surface area (Å²) in [7, 11) is 0. The lowest BCUT2D eigenvalue weighted by Gasteiger charge is -2.46. The SMILES string of the molecule is O=C(NC1(N2CCC(O)CC2)C=C(c2ccncc2)C=CN1)c1ccccc1Cl. The van der Waals surface area contributed by atoms with Gasteiger partial charge >= 0.3 is 0 Å². The molecule has 0 saturated carbocycles. The summed E-state index contributed by atoms with van der Waals surface area (Å²) in [5, 5.41) is 16.8. The fourth-order valence-electron chi connectivity index (χ4n) is 3.74. The molecular weight excluding hydrogens is 388 g/mol. The lowest BCUT2D eigenvalue weighted by Crippen LogP contribution is -2.68. The standard InChI is InChI=1S/C22H23ClN4O2/c23-20-4-2-1-3-19(20)21(29)26-22(27-13-8-18(28)9-14-27)15-17(7-12-25-22)16-5-10-24-11-6-16/h1-7,10-12,15,18,25,28H,8-9,13-14H2,(H,26,29). The third kappa shape index (κ3) is 4.19. The number of rotatable bonds is 4. The van der Waals surface area contributed by atoms with E-state index in [9.17, 15) is 9.90 Å². The molecule has 3 N–H and O–H groups in total. The van der Waals surface area contributed by atoms with Gasteiger partial charge in [-0.2, -0.15) is 0 Å². The first-order chi connectivity index (χ1) is 14.1. The minimum absolute atomic E-state index is 0.269. The molecule has 1 unspecified atom stereocenters. The number of dihydropyridines is 1. The molecule has 4 rings (SSSR count). The number of amides is 1. The molecule has 29 heavy (non-hydrogen) atoms. The van der Waals surface area contributed by atoms with Crippen LogP contribution in [0.5, 0.6) is 0 Å². The fraction of sp³-hybridized carbons (Fsp3) is 0.273. The number of carbonyl (C=O) groups excluding carboxylic acids is 1. The largest absolute Gasteiger partial charge is 0.393 e. The summed E-state index contributed by atoms with van der Waals surface area (Å²) in [4.78, 5) is 19.3. The van der Waals surface area contributed by atoms with Crippen LogP contribution < -0.4 is 10.6 Å². The van der Waals surface area contributed by atoms with Crippen molar-refractivity contribution in [3.05, 3.63) is 83.3 Å². The second kappa shape index (κ2) is 8.37. The Hall–Kier alpha value is -2.67. The maximum Gasteiger partial charge on any atom is 0.255 e. The van der Waals surface area contributed by atoms with Crippen LogP contribution in [0.1, 0.15) is 28.8 Å². The number of aromatic nitrogens is 1. The first-order valence-electron chi connectivity index (χ1n) is 9.65. The number of aliphatic hydroxyl groups excluding tert-OH is 1. The van der Waals surface area contributed by atoms with Crippen LogP contribution in [0.3, 0.4) is 0 Å². The zero-order valence-electron chi connectivity index (χ0n) is 15.9. The van der Waals surface area contributed by atoms with Crippen LogP contribution in [0.25, 0.3) is 5.57 Å². The Morgan fingerprint density at radius 1 is 1.21 bits per heavy atom. The van der Waals surface area contributed by atoms with Crippen molar-refractivity contribution in [3.63, 3.8) is 0 Å². The molecule has 1 aromatic carbocycles. The maximum atomic E-state index is 13.1. The van der Waals surface area contributed by atoms with Crippen molar-refractivity contribution in [2.45, 2.75) is 24.7 Å². The van der Waals surface area contributed by atoms with Crippen LogP contribution in [0.4, 0.5) is 0 Å². The van der Waals surface area contributed by atoms with Crippen LogP contribution in [0.2, 0.25) is 5.02 Å². The summed E-state index contributed by atoms with van der Waals surface area (Å²) in [6, 6.07) is 10.9. The van der Waals surface area contributed by atoms with Crippen LogP contribution in [0, 0.1) is 0 Å². The van der Waals surface area contributed by atoms with Crippen molar-refractivity contribution in [1.82, 2.24) is 20.5 Å². The highest BCUT2D eigenvalue weighted by molar-refractivity contribution is 6.33. The zero-order chi connectivity index (χ0) is 20.3. The van der Waals surface area contributed by atoms with Gasteiger partial charge in [0, 0.05) is 31.7 Å². The molecule has 6 nitrogen and oxygen atoms in total. The minimum atomic E-state index is -0.927. The highest BCUT2D eigenvalue weighted by atomic mass is 35.5. The van der Waals surface area contributed by atoms with Gasteiger partial charge in [-0.25, -0.2) is 0 Å². The Morgan fingerprint density at radius 3 is 2.66 bits per heavy atom. The van der Waals surface area contributed by atoms with Crippen molar-refractivity contribution in [2.75, 3.05) is 13.1 Å². The number of carbonyl (C=O) groups is 1. The second-order valence-electron chi connectivity index (χ2n) is 7.23. The van der Waals surface area contributed by atoms with E-state index < -0.39 is 5.79 Å². The number of likely N-dealkylation sites (tertiary alicyclic amines) is 1. The third-order valence-corrected chi connectivity index (χ3v) is 5.66. The zero-order valence-corrected chi connectivity index (χ0v) is 16.6. The van der Waals surface area contributed by atoms with Gasteiger partial charge in [0.15, 0.2) is 5.79 Å². The normalized spacial score (nSPS) is 22.6. The average Bonchev–Trinajstić information content (AvgIpc) is 2.75. The smallest absolute Gasteiger partial charge is 0.255 e. The average molecular weight is 411 g/mol. The summed E-state index contributed by atoms with van der Waals surface area (Å²) in [5.41, 5.74) is 2.39. The summed E-state index contributed by atoms with van der Waals surface area (Å²) in [6.07, 6.45) is 10.3. The van der Waals surface area contributed by atoms with E-state index in [0.717, 1.165) is 11.1 Å². The Labute approximate surface area is 174 Å². The van der Waals surface area contributed by atoms with E-state index >= 15 is 0 Å². The minimum Gasteiger partial charge on any atom is -0.393 e. The molecule has 2 aliphatic rings. The molecule has 1 fully saturated rings. The van der Waals surface area contributed by atoms with E-state index in [4.69, 9.17) is 11.6 Å². The number of halogens is 1. The molecule has 0 bridgehead atoms. The summed E-state index contributed by atoms with van der Waals surface area (Å²) in [5.74, 6) is -1.20. The molecular formula is C22H23ClN4O2. The van der Waals surface area contributed by atoms with E-state index in [1.165, 1.54) is 0 Å². The number of benzene rings is 1. The quantitative estimate of drug-likeness (QED) is 0.722. The monoisotopic (exact) mass is 410 g/mol. The topological polar surface area (TPSA) is 77.5 Å². The van der Waals surface area contributed by atoms with Crippen molar-refractivity contribution < 1.29 is 9.90 Å². The van der Waals surface area contributed by atoms with Gasteiger partial charge in [-0.05, 0) is 60.4 Å². The van der Waals surface area contributed by atoms with E-state index in [-0.39, 0.29) is 12.0 Å². The van der Waals surface area contributed by atoms with Gasteiger partial charge in [-0.1, -0.05) is 23.7 Å². The molecule has 0 aliphatic carbocycles. The number of aliphatic hydroxyl groups is 1. The molecule has 0 spiro atoms. The Bertz CT molecular complexity index is 939. The van der Waals surface area contributed by atoms with Gasteiger partial charge in [0.25, 0.3) is 5.91 Å². The Morgan fingerprint density at radius 2 is 1.93 bits per heavy atom. The maximum absolute atomic E-state index is 13.1. The van der Waals surface area contributed by atoms with Crippen molar-refractivity contribution in [3.8, 4) is 0 Å². The van der Waals surface area contributed by atoms with Gasteiger partial charge in [0.1, 0.15) is 0 Å². The molecule has 0 radical (unpaired) electrons. The summed E-state index contributed by atoms with van der Waals surface area (Å²) in [6.45, 7) is 1.29. The highest BCUT2D eigenvalue weighted by Crippen LogP contribution is 2.28. The number of nitrogens with one attached hydrogen (secondary N) is 2. The van der Waals surface area contributed by atoms with Crippen molar-refractivity contribution in [2.24, 2.45) is 0 Å². The van der Waals surface area contributed by atoms with Crippen molar-refractivity contribution >= 4 is 23.1 Å². The van der Waals surface area contributed by atoms with Gasteiger partial charge in [-0.3, -0.25) is 14.7 Å². The lowest BCUT2D eigenvalue weighted by atomic mass is 9.98. The lowest BCUT2D eigenvalue weighted by molar-refractivity contribution is 0.0109. The number of nitrogens with zero attached hydrogens (tertiary/aromatic N) is 2. The van der Waals surface area contributed by atoms with Gasteiger partial charge < -0.3 is 15.7 Å². The van der Waals surface area contributed by atoms with Crippen LogP contribution in [-0.2, 0) is 0 Å². The van der Waals surface area contributed by atoms with E-state index in [2.05, 4.69) is 20.5 Å². The predicted octanol–water partition coefficient (Wildman–Crippen LogP) is 2.78. The number of hydrogen-bond acceptors (Lipinski definition) is 5. The van der Waals surface area contributed by atoms with Gasteiger partial charge in [-0.15, -0.1) is 0 Å². The molecule has 2 aromatic rings. The van der Waals surface area contributed by atoms with Crippen LogP contribution in [0.15, 0.2) is 67.1 Å². The van der Waals surface area contributed by atoms with Gasteiger partial charge in [0.05, 0.1) is 16.7 Å². The summed E-state index contributed by atoms with van der Waals surface area (Å²) < 4.78 is 0. The van der Waals surface area contributed by atoms with Crippen LogP contribution in [-0.4, -0.2) is 45.9 Å². The molecule has 150 valence electrons. The molecule has 1 amide bonds. The van der Waals surface area contributed by atoms with Crippen LogP contribution >= 0.6 is 11.6 Å². The predicted molar refractivity (Wildman–Crippen MR) is 113 cm³/mol. The van der Waals surface area contributed by atoms with E-state index in [0.29, 0.717) is 36.5 Å². The van der Waals surface area contributed by atoms with E-state index in [1.54, 1.807) is 36.7 Å². The Kier molecular flexibility index (Phi) is 5.67. The number of hydrogen-bond donors (Lipinski definition) is 3. The molecule has 3 heterocycles. The highest BCUT2D eigenvalue weighted by Gasteiger charge is 2.39. The fourth-order valence-corrected chi connectivity index (χ4v) is 3.96. The Balaban J connectivity index is 1.70. The molecule has 7 heteroatoms. The van der Waals surface area contributed by atoms with Crippen molar-refractivity contribution in [1.29, 1.82) is 0 Å². The van der Waals surface area contributed by atoms with Gasteiger partial charge in [0.2, 0.25) is 0 Å².